The Morgan fingerprint density at radius 3 is 0.908 bits per heavy atom. The van der Waals surface area contributed by atoms with Crippen molar-refractivity contribution >= 4 is 93.4 Å². The molecule has 0 bridgehead atoms. The Hall–Kier alpha value is -17.6. The molecule has 24 aromatic rings. The number of benzene rings is 4. The van der Waals surface area contributed by atoms with Gasteiger partial charge in [-0.1, -0.05) is 30.7 Å². The number of imidazole rings is 8. The number of hydrogen-bond donors (Lipinski definition) is 9. The molecule has 4 aromatic carbocycles. The predicted octanol–water partition coefficient (Wildman–Crippen LogP) is 18.7. The highest BCUT2D eigenvalue weighted by Crippen LogP contribution is 2.39. The lowest BCUT2D eigenvalue weighted by Gasteiger charge is -2.26. The number of pyridine rings is 8. The van der Waals surface area contributed by atoms with E-state index in [4.69, 9.17) is 19.9 Å². The van der Waals surface area contributed by atoms with Crippen LogP contribution < -0.4 is 5.32 Å². The SMILES string of the molecule is Cc1cn(-c2cncc3[nH]c(-c4n[nH]c5ccc(-c6cncc(CN(C)C)c6)cc45)nc23)cn1.Cc1cn(-c2cncc3[nH]c(-c4n[nH]c5ccc(-c6cncc(CN7CCCC7)c6)cc45)nc23)cn1.Cc1cn(-c2cncc3[nH]c(-c4n[nH]c5ccc(-c6cncc(CN7CCCCC7)c6)cc45)nc23)cn1.Cc1cn(-c2cncc3[nH]c(-c4n[nH]c5ccc(-c6cncc(NC(C)C)c6)cc45)nc23)cn1. The Kier molecular flexibility index (Phi) is 23.2. The molecule has 0 aliphatic carbocycles. The van der Waals surface area contributed by atoms with E-state index in [1.807, 2.05) is 132 Å². The van der Waals surface area contributed by atoms with Crippen LogP contribution in [0.1, 0.15) is 85.4 Å². The van der Waals surface area contributed by atoms with Crippen LogP contribution in [0, 0.1) is 27.7 Å². The fraction of sp³-hybridized carbons (Fsp3) is 0.200. The van der Waals surface area contributed by atoms with E-state index in [1.54, 1.807) is 74.9 Å². The van der Waals surface area contributed by atoms with Crippen LogP contribution in [0.15, 0.2) is 246 Å². The molecule has 9 N–H and O–H groups in total. The number of H-pyrrole nitrogens is 8. The van der Waals surface area contributed by atoms with Gasteiger partial charge in [0.05, 0.1) is 170 Å². The fourth-order valence-electron chi connectivity index (χ4n) is 18.7. The van der Waals surface area contributed by atoms with Crippen LogP contribution >= 0.6 is 0 Å². The molecule has 2 fully saturated rings. The Morgan fingerprint density at radius 2 is 0.603 bits per heavy atom. The molecule has 2 saturated heterocycles. The highest BCUT2D eigenvalue weighted by atomic mass is 15.2. The predicted molar refractivity (Wildman–Crippen MR) is 546 cm³/mol. The normalized spacial score (nSPS) is 13.1. The third-order valence-corrected chi connectivity index (χ3v) is 25.5. The second-order valence-electron chi connectivity index (χ2n) is 36.6. The lowest BCUT2D eigenvalue weighted by molar-refractivity contribution is 0.220. The molecule has 2 aliphatic heterocycles. The van der Waals surface area contributed by atoms with Gasteiger partial charge in [0.15, 0.2) is 23.3 Å². The summed E-state index contributed by atoms with van der Waals surface area (Å²) in [5.74, 6) is 2.75. The summed E-state index contributed by atoms with van der Waals surface area (Å²) in [6.07, 6.45) is 51.1. The Morgan fingerprint density at radius 1 is 0.312 bits per heavy atom. The van der Waals surface area contributed by atoms with Gasteiger partial charge in [0.2, 0.25) is 0 Å². The average Bonchev–Trinajstić information content (AvgIpc) is 1.62. The van der Waals surface area contributed by atoms with Crippen molar-refractivity contribution in [2.75, 3.05) is 45.6 Å². The largest absolute Gasteiger partial charge is 0.382 e. The summed E-state index contributed by atoms with van der Waals surface area (Å²) in [5.41, 5.74) is 34.0. The van der Waals surface area contributed by atoms with Gasteiger partial charge in [0, 0.05) is 144 Å². The molecule has 0 amide bonds. The molecule has 0 spiro atoms. The highest BCUT2D eigenvalue weighted by Gasteiger charge is 2.25. The van der Waals surface area contributed by atoms with Crippen LogP contribution in [0.25, 0.3) is 201 Å². The van der Waals surface area contributed by atoms with Crippen molar-refractivity contribution in [2.24, 2.45) is 0 Å². The molecule has 0 radical (unpaired) electrons. The number of aryl methyl sites for hydroxylation is 4. The molecule has 0 atom stereocenters. The second-order valence-corrected chi connectivity index (χ2v) is 36.6. The molecule has 2 aliphatic rings. The summed E-state index contributed by atoms with van der Waals surface area (Å²) in [5, 5.41) is 38.3. The first kappa shape index (κ1) is 87.4. The van der Waals surface area contributed by atoms with E-state index in [9.17, 15) is 0 Å². The van der Waals surface area contributed by atoms with E-state index in [-0.39, 0.29) is 0 Å². The van der Waals surface area contributed by atoms with Crippen molar-refractivity contribution in [1.82, 2.24) is 173 Å². The molecular formula is C105H98N36. The number of fused-ring (bicyclic) bond motifs is 8. The van der Waals surface area contributed by atoms with Gasteiger partial charge in [-0.15, -0.1) is 0 Å². The summed E-state index contributed by atoms with van der Waals surface area (Å²) in [6, 6.07) is 34.3. The quantitative estimate of drug-likeness (QED) is 0.0342. The minimum atomic E-state index is 0.332. The van der Waals surface area contributed by atoms with Gasteiger partial charge in [0.1, 0.15) is 44.8 Å². The number of hydrogen-bond acceptors (Lipinski definition) is 24. The van der Waals surface area contributed by atoms with Crippen molar-refractivity contribution in [3.63, 3.8) is 0 Å². The van der Waals surface area contributed by atoms with Gasteiger partial charge in [-0.25, -0.2) is 39.9 Å². The number of piperidine rings is 1. The molecule has 36 heteroatoms. The van der Waals surface area contributed by atoms with E-state index < -0.39 is 0 Å². The first-order valence-electron chi connectivity index (χ1n) is 47.0. The van der Waals surface area contributed by atoms with Crippen LogP contribution in [0.3, 0.4) is 0 Å². The van der Waals surface area contributed by atoms with Crippen molar-refractivity contribution in [1.29, 1.82) is 0 Å². The molecule has 26 rings (SSSR count). The van der Waals surface area contributed by atoms with E-state index in [0.29, 0.717) is 29.3 Å². The van der Waals surface area contributed by atoms with Gasteiger partial charge in [0.25, 0.3) is 0 Å². The smallest absolute Gasteiger partial charge is 0.159 e. The molecule has 20 aromatic heterocycles. The number of aromatic amines is 8. The van der Waals surface area contributed by atoms with E-state index in [0.717, 1.165) is 226 Å². The summed E-state index contributed by atoms with van der Waals surface area (Å²) in [6.45, 7) is 19.5. The highest BCUT2D eigenvalue weighted by molar-refractivity contribution is 6.01. The third kappa shape index (κ3) is 18.1. The van der Waals surface area contributed by atoms with E-state index in [2.05, 4.69) is 253 Å². The van der Waals surface area contributed by atoms with Gasteiger partial charge >= 0.3 is 0 Å². The van der Waals surface area contributed by atoms with Gasteiger partial charge in [-0.3, -0.25) is 70.1 Å². The third-order valence-electron chi connectivity index (χ3n) is 25.5. The van der Waals surface area contributed by atoms with Gasteiger partial charge in [-0.2, -0.15) is 20.4 Å². The zero-order valence-electron chi connectivity index (χ0n) is 78.7. The van der Waals surface area contributed by atoms with Crippen molar-refractivity contribution in [3.8, 4) is 113 Å². The van der Waals surface area contributed by atoms with Crippen molar-refractivity contribution in [2.45, 2.75) is 99.3 Å². The fourth-order valence-corrected chi connectivity index (χ4v) is 18.7. The van der Waals surface area contributed by atoms with Crippen LogP contribution in [0.4, 0.5) is 5.69 Å². The summed E-state index contributed by atoms with van der Waals surface area (Å²) in [4.78, 5) is 93.2. The summed E-state index contributed by atoms with van der Waals surface area (Å²) >= 11 is 0. The van der Waals surface area contributed by atoms with Crippen LogP contribution in [-0.4, -0.2) is 220 Å². The van der Waals surface area contributed by atoms with Crippen LogP contribution in [0.5, 0.6) is 0 Å². The molecule has 698 valence electrons. The van der Waals surface area contributed by atoms with Crippen molar-refractivity contribution in [3.05, 3.63) is 286 Å². The zero-order valence-corrected chi connectivity index (χ0v) is 78.7. The van der Waals surface area contributed by atoms with E-state index in [1.165, 1.54) is 75.0 Å². The average molecular weight is 1860 g/mol. The Balaban J connectivity index is 0.000000105. The molecular weight excluding hydrogens is 1770 g/mol. The number of aromatic nitrogens is 32. The maximum Gasteiger partial charge on any atom is 0.159 e. The number of likely N-dealkylation sites (tertiary alicyclic amines) is 2. The number of rotatable bonds is 20. The molecule has 36 nitrogen and oxygen atoms in total. The number of nitrogens with one attached hydrogen (secondary N) is 9. The molecule has 0 saturated carbocycles. The maximum atomic E-state index is 4.93. The first-order chi connectivity index (χ1) is 69.0. The molecule has 0 unspecified atom stereocenters. The lowest BCUT2D eigenvalue weighted by Crippen LogP contribution is -2.29. The van der Waals surface area contributed by atoms with Gasteiger partial charge < -0.3 is 48.4 Å². The minimum Gasteiger partial charge on any atom is -0.382 e. The summed E-state index contributed by atoms with van der Waals surface area (Å²) in [7, 11) is 4.11. The van der Waals surface area contributed by atoms with Crippen molar-refractivity contribution < 1.29 is 0 Å². The Bertz CT molecular complexity index is 8450. The topological polar surface area (TPSA) is 426 Å². The minimum absolute atomic E-state index is 0.332. The molecule has 22 heterocycles. The monoisotopic (exact) mass is 1860 g/mol. The van der Waals surface area contributed by atoms with Gasteiger partial charge in [-0.05, 0) is 219 Å². The molecule has 141 heavy (non-hydrogen) atoms. The van der Waals surface area contributed by atoms with Crippen LogP contribution in [-0.2, 0) is 19.6 Å². The van der Waals surface area contributed by atoms with Crippen LogP contribution in [0.2, 0.25) is 0 Å². The Labute approximate surface area is 806 Å². The maximum absolute atomic E-state index is 4.93. The number of nitrogens with zero attached hydrogens (tertiary/aromatic N) is 27. The van der Waals surface area contributed by atoms with E-state index >= 15 is 0 Å². The standard InChI is InChI=1S/C28H27N9.C27H25N9.2C25H23N9/c1-18-15-37(17-31-18)25-14-30-13-24-27(25)33-28(32-24)26-22-10-20(5-6-23(22)34-35-26)21-9-19(11-29-12-21)16-36-7-3-2-4-8-36;1-17-14-36(16-30-17)24-13-29-12-23-26(24)32-27(31-23)25-21-9-19(4-5-22(21)33-34-25)20-8-18(10-28-11-20)15-35-6-2-3-7-35;1-15-12-34(14-28-15)22-11-27-10-21-24(22)30-25(29-21)23-19-7-17(4-5-20(19)31-32-23)18-6-16(8-26-9-18)13-33(2)3;1-14(2)29-18-6-17(8-26-9-18)16-4-5-20-19(7-16)23(33-32-20)25-30-21-10-27-11-22(24(21)31-25)34-12-15(3)28-13-34/h5-6,9-15,17H,2-4,7-8,16H2,1H3,(H,32,33)(H,34,35);4-5,8-14,16H,2-3,6-7,15H2,1H3,(H,31,32)(H,33,34);4-12,14H,13H2,1-3H3,(H,29,30)(H,31,32);4-14,29H,1-3H3,(H,30,31)(H,32,33). The first-order valence-corrected chi connectivity index (χ1v) is 47.0. The lowest BCUT2D eigenvalue weighted by atomic mass is 10.0. The number of anilines is 1. The zero-order chi connectivity index (χ0) is 95.3. The summed E-state index contributed by atoms with van der Waals surface area (Å²) < 4.78 is 7.75. The second kappa shape index (κ2) is 37.5.